The number of hydrogen-bond acceptors (Lipinski definition) is 18. The van der Waals surface area contributed by atoms with Gasteiger partial charge in [0.15, 0.2) is 0 Å². The van der Waals surface area contributed by atoms with Crippen molar-refractivity contribution in [1.82, 2.24) is 20.4 Å². The number of rotatable bonds is 8. The summed E-state index contributed by atoms with van der Waals surface area (Å²) in [6.07, 6.45) is 1.70. The summed E-state index contributed by atoms with van der Waals surface area (Å²) in [4.78, 5) is 116. The lowest BCUT2D eigenvalue weighted by atomic mass is 9.78. The van der Waals surface area contributed by atoms with Gasteiger partial charge in [-0.15, -0.1) is 0 Å². The van der Waals surface area contributed by atoms with Crippen LogP contribution in [0, 0.1) is 42.3 Å². The summed E-state index contributed by atoms with van der Waals surface area (Å²) in [6.45, 7) is 14.4. The lowest BCUT2D eigenvalue weighted by Crippen LogP contribution is -2.59. The van der Waals surface area contributed by atoms with Crippen LogP contribution in [0.4, 0.5) is 20.6 Å². The van der Waals surface area contributed by atoms with E-state index in [2.05, 4.69) is 10.6 Å². The second-order valence-corrected chi connectivity index (χ2v) is 21.6. The van der Waals surface area contributed by atoms with Gasteiger partial charge in [-0.3, -0.25) is 38.5 Å². The first-order valence-electron chi connectivity index (χ1n) is 26.6. The number of benzene rings is 2. The number of nitrogens with one attached hydrogen (secondary N) is 2. The van der Waals surface area contributed by atoms with Crippen LogP contribution in [0.2, 0.25) is 0 Å². The van der Waals surface area contributed by atoms with Crippen LogP contribution in [0.15, 0.2) is 65.7 Å². The molecule has 0 saturated carbocycles. The third-order valence-corrected chi connectivity index (χ3v) is 16.1. The number of amides is 4. The Hall–Kier alpha value is -7.63. The van der Waals surface area contributed by atoms with Gasteiger partial charge in [0.25, 0.3) is 11.7 Å². The van der Waals surface area contributed by atoms with Gasteiger partial charge in [-0.2, -0.15) is 0 Å². The molecule has 4 amide bonds. The second-order valence-electron chi connectivity index (χ2n) is 21.6. The smallest absolute Gasteiger partial charge is 0.414 e. The number of carbonyl (C=O) groups excluding carboxylic acids is 8. The van der Waals surface area contributed by atoms with Crippen LogP contribution in [0.5, 0.6) is 11.5 Å². The number of nitrogens with zero attached hydrogens (tertiary/aromatic N) is 4. The van der Waals surface area contributed by atoms with Crippen LogP contribution < -0.4 is 25.2 Å². The van der Waals surface area contributed by atoms with Crippen LogP contribution in [0.1, 0.15) is 92.0 Å². The van der Waals surface area contributed by atoms with E-state index in [9.17, 15) is 48.9 Å². The Balaban J connectivity index is 1.06. The number of hydrogen-bond donors (Lipinski definition) is 5. The first kappa shape index (κ1) is 58.5. The average Bonchev–Trinajstić information content (AvgIpc) is 4.13. The number of halogens is 1. The summed E-state index contributed by atoms with van der Waals surface area (Å²) >= 11 is 0. The molecule has 2 aromatic rings. The Labute approximate surface area is 462 Å². The van der Waals surface area contributed by atoms with Crippen molar-refractivity contribution in [3.63, 3.8) is 0 Å². The minimum absolute atomic E-state index is 0.0538. The van der Waals surface area contributed by atoms with Crippen molar-refractivity contribution in [1.29, 1.82) is 0 Å². The number of phenolic OH excluding ortho intramolecular Hbond substituents is 1. The summed E-state index contributed by atoms with van der Waals surface area (Å²) < 4.78 is 44.7. The van der Waals surface area contributed by atoms with Crippen molar-refractivity contribution in [2.24, 2.45) is 29.6 Å². The number of allylic oxidation sites excluding steroid dienone is 4. The zero-order valence-electron chi connectivity index (χ0n) is 46.4. The summed E-state index contributed by atoms with van der Waals surface area (Å²) in [5.41, 5.74) is -1.73. The molecule has 10 atom stereocenters. The van der Waals surface area contributed by atoms with Crippen LogP contribution in [-0.2, 0) is 38.1 Å². The molecule has 3 fully saturated rings. The van der Waals surface area contributed by atoms with Crippen molar-refractivity contribution in [2.75, 3.05) is 69.3 Å². The highest BCUT2D eigenvalue weighted by Crippen LogP contribution is 2.49. The number of anilines is 2. The number of ether oxygens (including phenoxy) is 5. The number of phenols is 1. The van der Waals surface area contributed by atoms with E-state index in [0.29, 0.717) is 0 Å². The van der Waals surface area contributed by atoms with Crippen LogP contribution in [0.25, 0.3) is 0 Å². The highest BCUT2D eigenvalue weighted by Gasteiger charge is 2.54. The van der Waals surface area contributed by atoms with E-state index in [-0.39, 0.29) is 104 Å². The number of cyclic esters (lactones) is 1. The van der Waals surface area contributed by atoms with Gasteiger partial charge in [-0.1, -0.05) is 45.9 Å². The van der Waals surface area contributed by atoms with Crippen molar-refractivity contribution in [3.8, 4) is 11.5 Å². The number of methoxy groups -OCH3 is 1. The predicted octanol–water partition coefficient (Wildman–Crippen LogP) is 3.84. The largest absolute Gasteiger partial charge is 0.507 e. The minimum atomic E-state index is -2.18. The van der Waals surface area contributed by atoms with E-state index in [0.717, 1.165) is 6.26 Å². The number of esters is 1. The Kier molecular flexibility index (Phi) is 17.0. The molecule has 9 rings (SSSR count). The van der Waals surface area contributed by atoms with Gasteiger partial charge in [0, 0.05) is 102 Å². The van der Waals surface area contributed by atoms with Crippen LogP contribution >= 0.6 is 0 Å². The Morgan fingerprint density at radius 2 is 1.56 bits per heavy atom. The van der Waals surface area contributed by atoms with E-state index in [1.54, 1.807) is 55.7 Å². The molecule has 80 heavy (non-hydrogen) atoms. The monoisotopic (exact) mass is 1110 g/mol. The molecule has 6 heterocycles. The van der Waals surface area contributed by atoms with Crippen LogP contribution in [-0.4, -0.2) is 168 Å². The summed E-state index contributed by atoms with van der Waals surface area (Å²) in [6, 6.07) is 4.37. The molecule has 430 valence electrons. The van der Waals surface area contributed by atoms with Gasteiger partial charge in [-0.05, 0) is 38.1 Å². The number of ketones is 3. The molecule has 0 unspecified atom stereocenters. The topological polar surface area (TPSA) is 280 Å². The number of aliphatic hydroxyl groups excluding tert-OH is 2. The van der Waals surface area contributed by atoms with E-state index in [4.69, 9.17) is 23.7 Å². The Morgan fingerprint density at radius 1 is 0.875 bits per heavy atom. The molecule has 0 spiro atoms. The fourth-order valence-corrected chi connectivity index (χ4v) is 11.2. The molecule has 3 saturated heterocycles. The number of aliphatic hydroxyl groups is 2. The molecule has 5 N–H and O–H groups in total. The second kappa shape index (κ2) is 23.2. The molecule has 2 aromatic carbocycles. The van der Waals surface area contributed by atoms with E-state index < -0.39 is 130 Å². The molecule has 23 heteroatoms. The number of likely N-dealkylation sites (tertiary alicyclic amines) is 1. The molecule has 1 aliphatic carbocycles. The highest BCUT2D eigenvalue weighted by atomic mass is 19.1. The van der Waals surface area contributed by atoms with E-state index in [1.807, 2.05) is 0 Å². The maximum atomic E-state index is 15.7. The van der Waals surface area contributed by atoms with Gasteiger partial charge in [-0.25, -0.2) is 9.18 Å². The number of aromatic hydroxyl groups is 1. The summed E-state index contributed by atoms with van der Waals surface area (Å²) in [5, 5.41) is 40.0. The Morgan fingerprint density at radius 3 is 2.20 bits per heavy atom. The van der Waals surface area contributed by atoms with Crippen molar-refractivity contribution in [2.45, 2.75) is 98.6 Å². The number of piperazine rings is 1. The van der Waals surface area contributed by atoms with Gasteiger partial charge < -0.3 is 64.3 Å². The summed E-state index contributed by atoms with van der Waals surface area (Å²) in [7, 11) is 1.40. The maximum Gasteiger partial charge on any atom is 0.414 e. The molecule has 22 nitrogen and oxygen atoms in total. The molecular formula is C57H69FN6O16. The molecule has 0 radical (unpaired) electrons. The molecule has 5 bridgehead atoms. The average molecular weight is 1110 g/mol. The zero-order valence-corrected chi connectivity index (χ0v) is 46.4. The quantitative estimate of drug-likeness (QED) is 0.235. The van der Waals surface area contributed by atoms with Gasteiger partial charge in [0.1, 0.15) is 40.9 Å². The molecular weight excluding hydrogens is 1040 g/mol. The SMILES string of the molecule is CO[C@H]1C=CO[C@@]2(C)Oc3c(C)c(O)c4c(c3C2=O)C(=O)C(N2CC(C(=O)N3CCN(c5ccc(N6C[C@H](CNC(C)=O)OC6=O)cc5F)CC3)C2)=C(NC(=O)C(C)=CC=C[C@H](C)[C@H](O)[C@@H](C)[C@@H](O)[C@@H](C)[C@H](OC(C)=O)[C@@H]1C)C4=O. The Bertz CT molecular complexity index is 3020. The zero-order chi connectivity index (χ0) is 58.4. The molecule has 7 aliphatic rings. The minimum Gasteiger partial charge on any atom is -0.507 e. The molecule has 0 aromatic heterocycles. The third kappa shape index (κ3) is 11.1. The number of Topliss-reactive ketones (excluding diaryl/α,β-unsaturated/α-hetero) is 3. The third-order valence-electron chi connectivity index (χ3n) is 16.1. The van der Waals surface area contributed by atoms with Crippen LogP contribution in [0.3, 0.4) is 0 Å². The predicted molar refractivity (Wildman–Crippen MR) is 285 cm³/mol. The van der Waals surface area contributed by atoms with Gasteiger partial charge in [0.05, 0.1) is 71.6 Å². The lowest BCUT2D eigenvalue weighted by molar-refractivity contribution is -0.160. The normalized spacial score (nSPS) is 28.7. The number of fused-ring (bicyclic) bond motifs is 14. The van der Waals surface area contributed by atoms with Crippen molar-refractivity contribution in [3.05, 3.63) is 93.8 Å². The lowest BCUT2D eigenvalue weighted by Gasteiger charge is -2.45. The van der Waals surface area contributed by atoms with E-state index in [1.165, 1.54) is 75.8 Å². The van der Waals surface area contributed by atoms with E-state index >= 15 is 9.18 Å². The van der Waals surface area contributed by atoms with Crippen molar-refractivity contribution < 1.29 is 81.8 Å². The fraction of sp³-hybridized carbons (Fsp3) is 0.509. The first-order valence-corrected chi connectivity index (χ1v) is 26.6. The standard InChI is InChI=1S/C57H69FN6O16/c1-27-12-11-13-28(2)54(73)60-44-45(63-24-35(25-63)55(74)62-19-17-61(18-20-62)39-15-14-36(22-38(39)58)64-26-37(79-56(64)75)23-59-33(7)65)50(71)41-42(49(44)70)48(69)32(6)52-43(41)53(72)57(9,80-52)77-21-16-40(76-10)29(3)51(78-34(8)66)31(5)47(68)30(4)46(27)67/h11-16,21-22,27,29-31,35,37,40,46-47,51,67-69H,17-20,23-26H2,1-10H3,(H,59,65)(H,60,73)/t27-,29+,30+,31+,37-,40-,46-,47+,51+,57-/m0/s1. The highest BCUT2D eigenvalue weighted by molar-refractivity contribution is 6.32. The number of carbonyl (C=O) groups is 8. The fourth-order valence-electron chi connectivity index (χ4n) is 11.2. The maximum absolute atomic E-state index is 15.7. The van der Waals surface area contributed by atoms with Gasteiger partial charge >= 0.3 is 17.8 Å². The van der Waals surface area contributed by atoms with Crippen molar-refractivity contribution >= 4 is 58.5 Å². The van der Waals surface area contributed by atoms with Gasteiger partial charge in [0.2, 0.25) is 23.4 Å². The first-order chi connectivity index (χ1) is 37.8. The molecule has 6 aliphatic heterocycles. The summed E-state index contributed by atoms with van der Waals surface area (Å²) in [5.74, 6) is -12.0.